The number of nitro benzene ring substituents is 1. The third-order valence-corrected chi connectivity index (χ3v) is 5.47. The molecule has 0 amide bonds. The molecule has 23 heavy (non-hydrogen) atoms. The van der Waals surface area contributed by atoms with Crippen molar-refractivity contribution in [2.45, 2.75) is 18.4 Å². The molecule has 0 saturated heterocycles. The zero-order valence-corrected chi connectivity index (χ0v) is 13.9. The number of nitrogens with one attached hydrogen (secondary N) is 1. The summed E-state index contributed by atoms with van der Waals surface area (Å²) in [6.07, 6.45) is 5.55. The van der Waals surface area contributed by atoms with Crippen LogP contribution >= 0.6 is 15.9 Å². The molecule has 0 saturated carbocycles. The molecule has 2 aromatic rings. The Morgan fingerprint density at radius 2 is 1.96 bits per heavy atom. The molecule has 5 heteroatoms. The summed E-state index contributed by atoms with van der Waals surface area (Å²) in [5, 5.41) is 14.5. The Labute approximate surface area is 142 Å². The minimum absolute atomic E-state index is 0.132. The van der Waals surface area contributed by atoms with E-state index in [2.05, 4.69) is 45.5 Å². The molecule has 0 bridgehead atoms. The number of hydrogen-bond acceptors (Lipinski definition) is 3. The second-order valence-corrected chi connectivity index (χ2v) is 6.88. The van der Waals surface area contributed by atoms with Crippen molar-refractivity contribution in [1.29, 1.82) is 0 Å². The minimum Gasteiger partial charge on any atom is -0.377 e. The molecule has 2 aromatic carbocycles. The van der Waals surface area contributed by atoms with Gasteiger partial charge in [-0.1, -0.05) is 36.4 Å². The molecule has 0 fully saturated rings. The second kappa shape index (κ2) is 5.49. The highest BCUT2D eigenvalue weighted by molar-refractivity contribution is 9.10. The van der Waals surface area contributed by atoms with Crippen LogP contribution in [-0.4, -0.2) is 4.92 Å². The fourth-order valence-corrected chi connectivity index (χ4v) is 4.21. The van der Waals surface area contributed by atoms with Gasteiger partial charge in [0.1, 0.15) is 0 Å². The predicted molar refractivity (Wildman–Crippen MR) is 93.6 cm³/mol. The molecule has 4 rings (SSSR count). The highest BCUT2D eigenvalue weighted by atomic mass is 79.9. The highest BCUT2D eigenvalue weighted by Crippen LogP contribution is 2.51. The number of anilines is 1. The van der Waals surface area contributed by atoms with Crippen molar-refractivity contribution in [2.24, 2.45) is 5.92 Å². The summed E-state index contributed by atoms with van der Waals surface area (Å²) >= 11 is 3.63. The molecule has 1 heterocycles. The van der Waals surface area contributed by atoms with Gasteiger partial charge in [0.2, 0.25) is 0 Å². The van der Waals surface area contributed by atoms with E-state index in [1.807, 2.05) is 18.2 Å². The molecule has 1 N–H and O–H groups in total. The van der Waals surface area contributed by atoms with Crippen molar-refractivity contribution in [3.8, 4) is 0 Å². The first-order valence-electron chi connectivity index (χ1n) is 7.61. The lowest BCUT2D eigenvalue weighted by Gasteiger charge is -2.38. The Morgan fingerprint density at radius 3 is 2.70 bits per heavy atom. The van der Waals surface area contributed by atoms with E-state index in [4.69, 9.17) is 0 Å². The monoisotopic (exact) mass is 370 g/mol. The van der Waals surface area contributed by atoms with Crippen molar-refractivity contribution in [1.82, 2.24) is 0 Å². The fraction of sp³-hybridized carbons (Fsp3) is 0.222. The van der Waals surface area contributed by atoms with E-state index >= 15 is 0 Å². The molecule has 4 nitrogen and oxygen atoms in total. The van der Waals surface area contributed by atoms with Gasteiger partial charge in [0.15, 0.2) is 0 Å². The first kappa shape index (κ1) is 14.5. The van der Waals surface area contributed by atoms with E-state index in [1.54, 1.807) is 12.1 Å². The van der Waals surface area contributed by atoms with Gasteiger partial charge in [-0.05, 0) is 45.5 Å². The first-order valence-corrected chi connectivity index (χ1v) is 8.40. The lowest BCUT2D eigenvalue weighted by molar-refractivity contribution is -0.384. The smallest absolute Gasteiger partial charge is 0.269 e. The number of nitro groups is 1. The van der Waals surface area contributed by atoms with Gasteiger partial charge < -0.3 is 5.32 Å². The maximum Gasteiger partial charge on any atom is 0.269 e. The van der Waals surface area contributed by atoms with Crippen LogP contribution in [0, 0.1) is 16.0 Å². The van der Waals surface area contributed by atoms with Gasteiger partial charge in [0.25, 0.3) is 5.69 Å². The zero-order valence-electron chi connectivity index (χ0n) is 12.3. The lowest BCUT2D eigenvalue weighted by atomic mass is 9.77. The van der Waals surface area contributed by atoms with Crippen LogP contribution in [0.4, 0.5) is 11.4 Å². The predicted octanol–water partition coefficient (Wildman–Crippen LogP) is 5.18. The molecule has 116 valence electrons. The molecule has 3 atom stereocenters. The third kappa shape index (κ3) is 2.36. The van der Waals surface area contributed by atoms with Crippen molar-refractivity contribution in [3.63, 3.8) is 0 Å². The standard InChI is InChI=1S/C18H15BrN2O2/c19-16-6-2-5-15-13-3-1-4-14(13)17(20-18(15)16)11-7-9-12(10-8-11)21(22)23/h1-3,5-10,13-14,17,20H,4H2/t13-,14-,17+/m1/s1. The van der Waals surface area contributed by atoms with Gasteiger partial charge in [-0.3, -0.25) is 10.1 Å². The maximum absolute atomic E-state index is 10.9. The lowest BCUT2D eigenvalue weighted by Crippen LogP contribution is -2.29. The number of benzene rings is 2. The van der Waals surface area contributed by atoms with Crippen molar-refractivity contribution in [3.05, 3.63) is 80.3 Å². The number of hydrogen-bond donors (Lipinski definition) is 1. The number of rotatable bonds is 2. The van der Waals surface area contributed by atoms with E-state index in [0.717, 1.165) is 22.1 Å². The molecule has 2 aliphatic rings. The average molecular weight is 371 g/mol. The Morgan fingerprint density at radius 1 is 1.17 bits per heavy atom. The zero-order chi connectivity index (χ0) is 16.0. The Hall–Kier alpha value is -2.14. The van der Waals surface area contributed by atoms with E-state index in [1.165, 1.54) is 5.56 Å². The summed E-state index contributed by atoms with van der Waals surface area (Å²) in [6.45, 7) is 0. The number of nitrogens with zero attached hydrogens (tertiary/aromatic N) is 1. The normalized spacial score (nSPS) is 24.7. The molecule has 1 aliphatic heterocycles. The van der Waals surface area contributed by atoms with Crippen molar-refractivity contribution < 1.29 is 4.92 Å². The minimum atomic E-state index is -0.357. The van der Waals surface area contributed by atoms with Crippen LogP contribution in [0.15, 0.2) is 59.1 Å². The topological polar surface area (TPSA) is 55.2 Å². The summed E-state index contributed by atoms with van der Waals surface area (Å²) in [6, 6.07) is 13.3. The van der Waals surface area contributed by atoms with Gasteiger partial charge in [-0.25, -0.2) is 0 Å². The number of non-ortho nitro benzene ring substituents is 1. The quantitative estimate of drug-likeness (QED) is 0.449. The van der Waals surface area contributed by atoms with E-state index in [9.17, 15) is 10.1 Å². The number of halogens is 1. The SMILES string of the molecule is O=[N+]([O-])c1ccc([C@@H]2Nc3c(Br)cccc3[C@@H]3C=CC[C@H]32)cc1. The van der Waals surface area contributed by atoms with Crippen LogP contribution in [0.1, 0.15) is 29.5 Å². The molecular weight excluding hydrogens is 356 g/mol. The molecular formula is C18H15BrN2O2. The average Bonchev–Trinajstić information content (AvgIpc) is 3.04. The van der Waals surface area contributed by atoms with Gasteiger partial charge >= 0.3 is 0 Å². The van der Waals surface area contributed by atoms with Gasteiger partial charge in [-0.2, -0.15) is 0 Å². The Bertz CT molecular complexity index is 801. The second-order valence-electron chi connectivity index (χ2n) is 6.03. The largest absolute Gasteiger partial charge is 0.377 e. The Balaban J connectivity index is 1.75. The van der Waals surface area contributed by atoms with Crippen LogP contribution in [0.5, 0.6) is 0 Å². The summed E-state index contributed by atoms with van der Waals surface area (Å²) in [5.41, 5.74) is 3.67. The van der Waals surface area contributed by atoms with Crippen LogP contribution in [0.25, 0.3) is 0 Å². The fourth-order valence-electron chi connectivity index (χ4n) is 3.72. The molecule has 0 unspecified atom stereocenters. The first-order chi connectivity index (χ1) is 11.1. The van der Waals surface area contributed by atoms with Crippen molar-refractivity contribution in [2.75, 3.05) is 5.32 Å². The third-order valence-electron chi connectivity index (χ3n) is 4.81. The van der Waals surface area contributed by atoms with Gasteiger partial charge in [-0.15, -0.1) is 0 Å². The summed E-state index contributed by atoms with van der Waals surface area (Å²) in [5.74, 6) is 0.835. The van der Waals surface area contributed by atoms with Crippen LogP contribution in [0.3, 0.4) is 0 Å². The number of para-hydroxylation sites is 1. The van der Waals surface area contributed by atoms with E-state index in [-0.39, 0.29) is 16.7 Å². The summed E-state index contributed by atoms with van der Waals surface area (Å²) < 4.78 is 1.06. The van der Waals surface area contributed by atoms with Gasteiger partial charge in [0.05, 0.1) is 16.7 Å². The summed E-state index contributed by atoms with van der Waals surface area (Å²) in [7, 11) is 0. The van der Waals surface area contributed by atoms with E-state index in [0.29, 0.717) is 11.8 Å². The molecule has 0 radical (unpaired) electrons. The number of fused-ring (bicyclic) bond motifs is 3. The van der Waals surface area contributed by atoms with Crippen LogP contribution in [-0.2, 0) is 0 Å². The Kier molecular flexibility index (Phi) is 3.45. The van der Waals surface area contributed by atoms with Crippen LogP contribution in [0.2, 0.25) is 0 Å². The molecule has 0 aromatic heterocycles. The highest BCUT2D eigenvalue weighted by Gasteiger charge is 2.38. The number of allylic oxidation sites excluding steroid dienone is 2. The van der Waals surface area contributed by atoms with Gasteiger partial charge in [0, 0.05) is 22.5 Å². The molecule has 1 aliphatic carbocycles. The summed E-state index contributed by atoms with van der Waals surface area (Å²) in [4.78, 5) is 10.5. The van der Waals surface area contributed by atoms with Crippen molar-refractivity contribution >= 4 is 27.3 Å². The van der Waals surface area contributed by atoms with E-state index < -0.39 is 0 Å². The maximum atomic E-state index is 10.9. The van der Waals surface area contributed by atoms with Crippen LogP contribution < -0.4 is 5.32 Å². The molecule has 0 spiro atoms.